The van der Waals surface area contributed by atoms with Crippen LogP contribution in [0.1, 0.15) is 6.42 Å². The zero-order valence-corrected chi connectivity index (χ0v) is 6.66. The lowest BCUT2D eigenvalue weighted by Crippen LogP contribution is -1.96. The highest BCUT2D eigenvalue weighted by Gasteiger charge is 1.94. The van der Waals surface area contributed by atoms with Gasteiger partial charge < -0.3 is 9.47 Å². The molecule has 0 amide bonds. The van der Waals surface area contributed by atoms with Gasteiger partial charge in [-0.25, -0.2) is 9.59 Å². The fourth-order valence-electron chi connectivity index (χ4n) is 0.507. The molecule has 0 spiro atoms. The molecule has 0 saturated heterocycles. The molecular weight excluding hydrogens is 186 g/mol. The van der Waals surface area contributed by atoms with Crippen LogP contribution in [0.4, 0.5) is 18.4 Å². The summed E-state index contributed by atoms with van der Waals surface area (Å²) >= 11 is 0. The van der Waals surface area contributed by atoms with Crippen LogP contribution in [0.25, 0.3) is 0 Å². The summed E-state index contributed by atoms with van der Waals surface area (Å²) in [6.07, 6.45) is -0.613. The first-order chi connectivity index (χ1) is 6.13. The molecule has 0 atom stereocenters. The lowest BCUT2D eigenvalue weighted by Gasteiger charge is -1.94. The van der Waals surface area contributed by atoms with Crippen LogP contribution < -0.4 is 0 Å². The third kappa shape index (κ3) is 10.5. The molecule has 4 nitrogen and oxygen atoms in total. The van der Waals surface area contributed by atoms with Gasteiger partial charge in [0.05, 0.1) is 6.61 Å². The molecule has 6 heteroatoms. The van der Waals surface area contributed by atoms with E-state index in [2.05, 4.69) is 9.47 Å². The van der Waals surface area contributed by atoms with E-state index in [1.807, 2.05) is 0 Å². The van der Waals surface area contributed by atoms with Crippen LogP contribution in [0.2, 0.25) is 0 Å². The van der Waals surface area contributed by atoms with E-state index < -0.39 is 12.4 Å². The Kier molecular flexibility index (Phi) is 6.39. The molecule has 0 N–H and O–H groups in total. The zero-order valence-electron chi connectivity index (χ0n) is 6.66. The van der Waals surface area contributed by atoms with Crippen molar-refractivity contribution in [3.8, 4) is 0 Å². The Morgan fingerprint density at radius 1 is 1.08 bits per heavy atom. The Balaban J connectivity index is 3.22. The van der Waals surface area contributed by atoms with Crippen LogP contribution in [0.5, 0.6) is 0 Å². The summed E-state index contributed by atoms with van der Waals surface area (Å²) in [6, 6.07) is 0. The third-order valence-corrected chi connectivity index (χ3v) is 0.960. The van der Waals surface area contributed by atoms with Gasteiger partial charge in [0.1, 0.15) is 6.61 Å². The van der Waals surface area contributed by atoms with Crippen LogP contribution in [-0.2, 0) is 9.47 Å². The Morgan fingerprint density at radius 3 is 2.23 bits per heavy atom. The van der Waals surface area contributed by atoms with E-state index in [4.69, 9.17) is 0 Å². The molecule has 0 bridgehead atoms. The smallest absolute Gasteiger partial charge is 0.440 e. The summed E-state index contributed by atoms with van der Waals surface area (Å²) in [4.78, 5) is 19.2. The predicted molar refractivity (Wildman–Crippen MR) is 38.7 cm³/mol. The Morgan fingerprint density at radius 2 is 1.69 bits per heavy atom. The second-order valence-electron chi connectivity index (χ2n) is 1.89. The predicted octanol–water partition coefficient (Wildman–Crippen LogP) is 2.14. The number of carbonyl (C=O) groups excluding carboxylic acids is 2. The van der Waals surface area contributed by atoms with Crippen molar-refractivity contribution in [2.45, 2.75) is 6.42 Å². The van der Waals surface area contributed by atoms with Crippen LogP contribution >= 0.6 is 0 Å². The standard InChI is InChI=1S/C7H8F2O4/c8-6(10)12-4-2-1-3-5-13-7(9)11/h1-2H,3-5H2/b2-1+. The van der Waals surface area contributed by atoms with Crippen LogP contribution in [-0.4, -0.2) is 25.7 Å². The summed E-state index contributed by atoms with van der Waals surface area (Å²) < 4.78 is 30.6. The van der Waals surface area contributed by atoms with Crippen molar-refractivity contribution in [1.82, 2.24) is 0 Å². The number of carbonyl (C=O) groups is 2. The number of ether oxygens (including phenoxy) is 2. The molecule has 0 aromatic heterocycles. The third-order valence-electron chi connectivity index (χ3n) is 0.960. The summed E-state index contributed by atoms with van der Waals surface area (Å²) in [6.45, 7) is -0.297. The molecule has 0 radical (unpaired) electrons. The molecule has 0 saturated carbocycles. The monoisotopic (exact) mass is 194 g/mol. The molecule has 0 aliphatic rings. The van der Waals surface area contributed by atoms with Crippen molar-refractivity contribution >= 4 is 12.4 Å². The van der Waals surface area contributed by atoms with E-state index in [0.717, 1.165) is 0 Å². The molecule has 0 fully saturated rings. The van der Waals surface area contributed by atoms with Gasteiger partial charge in [0, 0.05) is 0 Å². The molecule has 0 aromatic rings. The largest absolute Gasteiger partial charge is 0.495 e. The Hall–Kier alpha value is -1.46. The summed E-state index contributed by atoms with van der Waals surface area (Å²) in [5.74, 6) is 0. The van der Waals surface area contributed by atoms with E-state index in [1.54, 1.807) is 0 Å². The van der Waals surface area contributed by atoms with Crippen LogP contribution in [0.3, 0.4) is 0 Å². The molecule has 74 valence electrons. The molecule has 0 aliphatic heterocycles. The van der Waals surface area contributed by atoms with Gasteiger partial charge in [-0.2, -0.15) is 0 Å². The van der Waals surface area contributed by atoms with Crippen molar-refractivity contribution in [2.75, 3.05) is 13.2 Å². The Labute approximate surface area is 73.1 Å². The zero-order chi connectivity index (χ0) is 10.1. The van der Waals surface area contributed by atoms with Gasteiger partial charge in [0.15, 0.2) is 0 Å². The number of hydrogen-bond donors (Lipinski definition) is 0. The number of halogens is 2. The fourth-order valence-corrected chi connectivity index (χ4v) is 0.507. The van der Waals surface area contributed by atoms with Gasteiger partial charge in [-0.05, 0) is 6.42 Å². The number of hydrogen-bond acceptors (Lipinski definition) is 4. The average molecular weight is 194 g/mol. The van der Waals surface area contributed by atoms with Crippen LogP contribution in [0.15, 0.2) is 12.2 Å². The maximum Gasteiger partial charge on any atom is 0.495 e. The quantitative estimate of drug-likeness (QED) is 0.382. The van der Waals surface area contributed by atoms with E-state index in [-0.39, 0.29) is 19.6 Å². The summed E-state index contributed by atoms with van der Waals surface area (Å²) in [7, 11) is 0. The molecule has 0 aromatic carbocycles. The van der Waals surface area contributed by atoms with Crippen molar-refractivity contribution in [2.24, 2.45) is 0 Å². The first-order valence-electron chi connectivity index (χ1n) is 3.42. The minimum Gasteiger partial charge on any atom is -0.440 e. The molecular formula is C7H8F2O4. The van der Waals surface area contributed by atoms with Crippen molar-refractivity contribution < 1.29 is 27.8 Å². The van der Waals surface area contributed by atoms with Gasteiger partial charge in [-0.1, -0.05) is 12.2 Å². The molecule has 0 unspecified atom stereocenters. The van der Waals surface area contributed by atoms with Gasteiger partial charge in [-0.15, -0.1) is 8.78 Å². The van der Waals surface area contributed by atoms with Crippen LogP contribution in [0, 0.1) is 0 Å². The lowest BCUT2D eigenvalue weighted by atomic mass is 10.4. The van der Waals surface area contributed by atoms with Crippen molar-refractivity contribution in [3.05, 3.63) is 12.2 Å². The van der Waals surface area contributed by atoms with Crippen molar-refractivity contribution in [1.29, 1.82) is 0 Å². The molecule has 0 rings (SSSR count). The minimum atomic E-state index is -1.86. The SMILES string of the molecule is O=C(F)OC/C=C/CCOC(=O)F. The normalized spacial score (nSPS) is 10.0. The van der Waals surface area contributed by atoms with Gasteiger partial charge >= 0.3 is 12.4 Å². The van der Waals surface area contributed by atoms with E-state index in [9.17, 15) is 18.4 Å². The highest BCUT2D eigenvalue weighted by molar-refractivity contribution is 5.58. The lowest BCUT2D eigenvalue weighted by molar-refractivity contribution is 0.122. The first kappa shape index (κ1) is 11.5. The summed E-state index contributed by atoms with van der Waals surface area (Å²) in [5.41, 5.74) is 0. The Bertz CT molecular complexity index is 203. The second-order valence-corrected chi connectivity index (χ2v) is 1.89. The van der Waals surface area contributed by atoms with Gasteiger partial charge in [0.2, 0.25) is 0 Å². The highest BCUT2D eigenvalue weighted by Crippen LogP contribution is 1.89. The highest BCUT2D eigenvalue weighted by atomic mass is 19.2. The van der Waals surface area contributed by atoms with Gasteiger partial charge in [-0.3, -0.25) is 0 Å². The average Bonchev–Trinajstić information content (AvgIpc) is 2.01. The maximum absolute atomic E-state index is 11.4. The van der Waals surface area contributed by atoms with E-state index in [0.29, 0.717) is 0 Å². The summed E-state index contributed by atoms with van der Waals surface area (Å²) in [5, 5.41) is 0. The molecule has 0 heterocycles. The van der Waals surface area contributed by atoms with E-state index >= 15 is 0 Å². The van der Waals surface area contributed by atoms with Gasteiger partial charge in [0.25, 0.3) is 0 Å². The molecule has 0 aliphatic carbocycles. The minimum absolute atomic E-state index is 0.102. The maximum atomic E-state index is 11.4. The molecule has 13 heavy (non-hydrogen) atoms. The fraction of sp³-hybridized carbons (Fsp3) is 0.429. The van der Waals surface area contributed by atoms with E-state index in [1.165, 1.54) is 12.2 Å². The first-order valence-corrected chi connectivity index (χ1v) is 3.42. The number of rotatable bonds is 5. The second kappa shape index (κ2) is 7.20. The van der Waals surface area contributed by atoms with Crippen molar-refractivity contribution in [3.63, 3.8) is 0 Å². The topological polar surface area (TPSA) is 52.6 Å².